The van der Waals surface area contributed by atoms with Crippen molar-refractivity contribution < 1.29 is 29.0 Å². The van der Waals surface area contributed by atoms with Crippen molar-refractivity contribution in [2.24, 2.45) is 0 Å². The van der Waals surface area contributed by atoms with Crippen LogP contribution in [-0.4, -0.2) is 35.5 Å². The first kappa shape index (κ1) is 23.3. The molecule has 8 nitrogen and oxygen atoms in total. The average molecular weight is 424 g/mol. The zero-order valence-electron chi connectivity index (χ0n) is 17.5. The molecule has 0 atom stereocenters. The van der Waals surface area contributed by atoms with Crippen molar-refractivity contribution in [1.82, 2.24) is 0 Å². The molecule has 0 spiro atoms. The van der Waals surface area contributed by atoms with E-state index in [1.807, 2.05) is 32.0 Å². The Hall–Kier alpha value is -3.94. The lowest BCUT2D eigenvalue weighted by atomic mass is 10.1. The molecular formula is C23H24N2O6. The van der Waals surface area contributed by atoms with Crippen LogP contribution in [0.15, 0.2) is 54.1 Å². The number of rotatable bonds is 8. The van der Waals surface area contributed by atoms with E-state index in [2.05, 4.69) is 10.6 Å². The molecule has 2 rings (SSSR count). The maximum Gasteiger partial charge on any atom is 0.338 e. The molecule has 0 unspecified atom stereocenters. The molecule has 2 amide bonds. The number of carbonyl (C=O) groups excluding carboxylic acids is 3. The summed E-state index contributed by atoms with van der Waals surface area (Å²) in [5, 5.41) is 14.1. The Labute approximate surface area is 179 Å². The van der Waals surface area contributed by atoms with Crippen LogP contribution in [0.4, 0.5) is 11.4 Å². The molecule has 0 aliphatic rings. The van der Waals surface area contributed by atoms with Gasteiger partial charge in [0.1, 0.15) is 0 Å². The minimum atomic E-state index is -1.19. The van der Waals surface area contributed by atoms with E-state index in [-0.39, 0.29) is 11.1 Å². The summed E-state index contributed by atoms with van der Waals surface area (Å²) in [5.74, 6) is -2.92. The Morgan fingerprint density at radius 2 is 1.71 bits per heavy atom. The lowest BCUT2D eigenvalue weighted by Crippen LogP contribution is -2.22. The zero-order valence-corrected chi connectivity index (χ0v) is 17.5. The summed E-state index contributed by atoms with van der Waals surface area (Å²) in [6.45, 7) is 4.74. The highest BCUT2D eigenvalue weighted by Crippen LogP contribution is 2.21. The van der Waals surface area contributed by atoms with Crippen molar-refractivity contribution in [1.29, 1.82) is 0 Å². The van der Waals surface area contributed by atoms with Gasteiger partial charge in [0.15, 0.2) is 6.61 Å². The van der Waals surface area contributed by atoms with Crippen molar-refractivity contribution >= 4 is 35.1 Å². The van der Waals surface area contributed by atoms with Gasteiger partial charge in [0.05, 0.1) is 5.56 Å². The number of benzene rings is 2. The van der Waals surface area contributed by atoms with Crippen LogP contribution in [0.2, 0.25) is 0 Å². The fourth-order valence-corrected chi connectivity index (χ4v) is 2.72. The highest BCUT2D eigenvalue weighted by molar-refractivity contribution is 6.04. The Kier molecular flexibility index (Phi) is 8.08. The van der Waals surface area contributed by atoms with Crippen molar-refractivity contribution in [2.45, 2.75) is 27.2 Å². The number of carboxylic acids is 1. The van der Waals surface area contributed by atoms with Crippen LogP contribution in [0.5, 0.6) is 0 Å². The molecule has 0 heterocycles. The van der Waals surface area contributed by atoms with Gasteiger partial charge in [-0.25, -0.2) is 9.59 Å². The third kappa shape index (κ3) is 6.81. The maximum atomic E-state index is 12.2. The van der Waals surface area contributed by atoms with Crippen LogP contribution < -0.4 is 10.6 Å². The van der Waals surface area contributed by atoms with Gasteiger partial charge in [0.2, 0.25) is 5.91 Å². The monoisotopic (exact) mass is 424 g/mol. The molecular weight excluding hydrogens is 400 g/mol. The predicted molar refractivity (Wildman–Crippen MR) is 116 cm³/mol. The standard InChI is InChI=1S/C23H24N2O6/c1-4-16-7-5-6-14(2)21(16)25-20(27)13-31-23(30)17-8-10-18(11-9-17)24-19(26)12-15(3)22(28)29/h5-12H,4,13H2,1-3H3,(H,24,26)(H,25,27)(H,28,29)/b15-12-. The Morgan fingerprint density at radius 1 is 1.03 bits per heavy atom. The number of carbonyl (C=O) groups is 4. The van der Waals surface area contributed by atoms with Crippen LogP contribution in [0, 0.1) is 6.92 Å². The highest BCUT2D eigenvalue weighted by Gasteiger charge is 2.13. The number of aliphatic carboxylic acids is 1. The van der Waals surface area contributed by atoms with E-state index in [1.165, 1.54) is 31.2 Å². The second kappa shape index (κ2) is 10.7. The van der Waals surface area contributed by atoms with Crippen LogP contribution in [-0.2, 0) is 25.5 Å². The number of para-hydroxylation sites is 1. The van der Waals surface area contributed by atoms with Crippen molar-refractivity contribution in [3.05, 3.63) is 70.8 Å². The van der Waals surface area contributed by atoms with Crippen molar-refractivity contribution in [3.63, 3.8) is 0 Å². The van der Waals surface area contributed by atoms with Gasteiger partial charge in [-0.15, -0.1) is 0 Å². The van der Waals surface area contributed by atoms with E-state index in [4.69, 9.17) is 9.84 Å². The number of hydrogen-bond donors (Lipinski definition) is 3. The number of anilines is 2. The van der Waals surface area contributed by atoms with Gasteiger partial charge in [0.25, 0.3) is 5.91 Å². The van der Waals surface area contributed by atoms with Gasteiger partial charge in [-0.1, -0.05) is 25.1 Å². The minimum Gasteiger partial charge on any atom is -0.478 e. The number of esters is 1. The zero-order chi connectivity index (χ0) is 23.0. The van der Waals surface area contributed by atoms with E-state index in [9.17, 15) is 19.2 Å². The van der Waals surface area contributed by atoms with Crippen LogP contribution in [0.1, 0.15) is 35.3 Å². The molecule has 2 aromatic rings. The number of amides is 2. The molecule has 0 fully saturated rings. The first-order valence-electron chi connectivity index (χ1n) is 9.59. The van der Waals surface area contributed by atoms with Crippen LogP contribution in [0.3, 0.4) is 0 Å². The lowest BCUT2D eigenvalue weighted by molar-refractivity contribution is -0.132. The summed E-state index contributed by atoms with van der Waals surface area (Å²) in [4.78, 5) is 46.9. The third-order valence-electron chi connectivity index (χ3n) is 4.41. The smallest absolute Gasteiger partial charge is 0.338 e. The Morgan fingerprint density at radius 3 is 2.32 bits per heavy atom. The fourth-order valence-electron chi connectivity index (χ4n) is 2.72. The summed E-state index contributed by atoms with van der Waals surface area (Å²) >= 11 is 0. The van der Waals surface area contributed by atoms with E-state index in [0.29, 0.717) is 5.69 Å². The fraction of sp³-hybridized carbons (Fsp3) is 0.217. The Balaban J connectivity index is 1.92. The van der Waals surface area contributed by atoms with E-state index in [1.54, 1.807) is 0 Å². The normalized spacial score (nSPS) is 10.9. The molecule has 0 radical (unpaired) electrons. The summed E-state index contributed by atoms with van der Waals surface area (Å²) in [5.41, 5.74) is 3.11. The molecule has 31 heavy (non-hydrogen) atoms. The highest BCUT2D eigenvalue weighted by atomic mass is 16.5. The molecule has 3 N–H and O–H groups in total. The summed E-state index contributed by atoms with van der Waals surface area (Å²) < 4.78 is 5.06. The molecule has 2 aromatic carbocycles. The molecule has 0 saturated heterocycles. The van der Waals surface area contributed by atoms with Gasteiger partial charge in [-0.05, 0) is 55.7 Å². The van der Waals surface area contributed by atoms with Crippen molar-refractivity contribution in [2.75, 3.05) is 17.2 Å². The van der Waals surface area contributed by atoms with Gasteiger partial charge >= 0.3 is 11.9 Å². The SMILES string of the molecule is CCc1cccc(C)c1NC(=O)COC(=O)c1ccc(NC(=O)/C=C(/C)C(=O)O)cc1. The van der Waals surface area contributed by atoms with Crippen LogP contribution >= 0.6 is 0 Å². The number of nitrogens with one attached hydrogen (secondary N) is 2. The third-order valence-corrected chi connectivity index (χ3v) is 4.41. The second-order valence-corrected chi connectivity index (χ2v) is 6.79. The topological polar surface area (TPSA) is 122 Å². The molecule has 0 bridgehead atoms. The van der Waals surface area contributed by atoms with Gasteiger partial charge < -0.3 is 20.5 Å². The largest absolute Gasteiger partial charge is 0.478 e. The van der Waals surface area contributed by atoms with E-state index >= 15 is 0 Å². The summed E-state index contributed by atoms with van der Waals surface area (Å²) in [6.07, 6.45) is 1.72. The molecule has 0 saturated carbocycles. The molecule has 0 aliphatic heterocycles. The minimum absolute atomic E-state index is 0.104. The lowest BCUT2D eigenvalue weighted by Gasteiger charge is -2.13. The average Bonchev–Trinajstić information content (AvgIpc) is 2.73. The number of carboxylic acid groups (broad SMARTS) is 1. The van der Waals surface area contributed by atoms with Gasteiger partial charge in [-0.2, -0.15) is 0 Å². The molecule has 0 aliphatic carbocycles. The van der Waals surface area contributed by atoms with Gasteiger partial charge in [-0.3, -0.25) is 9.59 Å². The van der Waals surface area contributed by atoms with Gasteiger partial charge in [0, 0.05) is 23.0 Å². The number of hydrogen-bond acceptors (Lipinski definition) is 5. The number of aryl methyl sites for hydroxylation is 2. The first-order valence-corrected chi connectivity index (χ1v) is 9.59. The molecule has 8 heteroatoms. The van der Waals surface area contributed by atoms with Crippen molar-refractivity contribution in [3.8, 4) is 0 Å². The molecule has 0 aromatic heterocycles. The first-order chi connectivity index (χ1) is 14.7. The second-order valence-electron chi connectivity index (χ2n) is 6.79. The maximum absolute atomic E-state index is 12.2. The predicted octanol–water partition coefficient (Wildman–Crippen LogP) is 3.32. The van der Waals surface area contributed by atoms with Crippen LogP contribution in [0.25, 0.3) is 0 Å². The molecule has 162 valence electrons. The number of ether oxygens (including phenoxy) is 1. The Bertz CT molecular complexity index is 1020. The summed E-state index contributed by atoms with van der Waals surface area (Å²) in [6, 6.07) is 11.5. The summed E-state index contributed by atoms with van der Waals surface area (Å²) in [7, 11) is 0. The quantitative estimate of drug-likeness (QED) is 0.441. The van der Waals surface area contributed by atoms with E-state index in [0.717, 1.165) is 29.3 Å². The van der Waals surface area contributed by atoms with E-state index < -0.39 is 30.4 Å².